The Bertz CT molecular complexity index is 763. The van der Waals surface area contributed by atoms with E-state index >= 15 is 0 Å². The van der Waals surface area contributed by atoms with Gasteiger partial charge in [0.05, 0.1) is 11.3 Å². The number of hydrogen-bond donors (Lipinski definition) is 0. The molecule has 0 N–H and O–H groups in total. The highest BCUT2D eigenvalue weighted by Crippen LogP contribution is 2.36. The van der Waals surface area contributed by atoms with Crippen LogP contribution in [0.1, 0.15) is 5.56 Å². The number of hydrogen-bond acceptors (Lipinski definition) is 1. The molecule has 0 unspecified atom stereocenters. The molecule has 1 heterocycles. The molecule has 1 aromatic heterocycles. The van der Waals surface area contributed by atoms with Crippen molar-refractivity contribution in [2.24, 2.45) is 0 Å². The Labute approximate surface area is 117 Å². The molecule has 0 saturated heterocycles. The van der Waals surface area contributed by atoms with Crippen molar-refractivity contribution in [1.29, 1.82) is 0 Å². The topological polar surface area (TPSA) is 17.8 Å². The first-order chi connectivity index (χ1) is 9.48. The van der Waals surface area contributed by atoms with Crippen LogP contribution in [-0.2, 0) is 6.18 Å². The van der Waals surface area contributed by atoms with E-state index < -0.39 is 11.7 Å². The third-order valence-corrected chi connectivity index (χ3v) is 3.31. The molecular formula is C14H8ClF3N2. The molecule has 0 atom stereocenters. The maximum atomic E-state index is 13.0. The Morgan fingerprint density at radius 2 is 1.65 bits per heavy atom. The number of para-hydroxylation sites is 1. The van der Waals surface area contributed by atoms with Crippen LogP contribution >= 0.6 is 11.6 Å². The van der Waals surface area contributed by atoms with Crippen molar-refractivity contribution >= 4 is 22.5 Å². The smallest absolute Gasteiger partial charge is 0.221 e. The molecule has 2 aromatic carbocycles. The van der Waals surface area contributed by atoms with Gasteiger partial charge in [-0.25, -0.2) is 4.68 Å². The highest BCUT2D eigenvalue weighted by molar-refractivity contribution is 6.34. The molecule has 0 aliphatic carbocycles. The monoisotopic (exact) mass is 296 g/mol. The van der Waals surface area contributed by atoms with Crippen LogP contribution < -0.4 is 0 Å². The fourth-order valence-electron chi connectivity index (χ4n) is 2.04. The molecular weight excluding hydrogens is 289 g/mol. The largest absolute Gasteiger partial charge is 0.418 e. The maximum Gasteiger partial charge on any atom is 0.418 e. The molecule has 0 bridgehead atoms. The van der Waals surface area contributed by atoms with E-state index in [1.165, 1.54) is 16.8 Å². The molecule has 0 amide bonds. The lowest BCUT2D eigenvalue weighted by Crippen LogP contribution is -2.05. The quantitative estimate of drug-likeness (QED) is 0.636. The molecule has 0 saturated carbocycles. The molecule has 0 aliphatic heterocycles. The van der Waals surface area contributed by atoms with Crippen LogP contribution in [0.25, 0.3) is 16.6 Å². The van der Waals surface area contributed by atoms with Crippen molar-refractivity contribution in [2.45, 2.75) is 6.18 Å². The molecule has 2 nitrogen and oxygen atoms in total. The van der Waals surface area contributed by atoms with Crippen LogP contribution in [0.15, 0.2) is 48.5 Å². The van der Waals surface area contributed by atoms with Gasteiger partial charge in [-0.3, -0.25) is 0 Å². The summed E-state index contributed by atoms with van der Waals surface area (Å²) in [5.74, 6) is 0. The van der Waals surface area contributed by atoms with Crippen LogP contribution in [-0.4, -0.2) is 9.78 Å². The van der Waals surface area contributed by atoms with E-state index in [9.17, 15) is 13.2 Å². The first kappa shape index (κ1) is 13.0. The van der Waals surface area contributed by atoms with Crippen molar-refractivity contribution in [3.05, 3.63) is 59.2 Å². The lowest BCUT2D eigenvalue weighted by atomic mass is 10.1. The van der Waals surface area contributed by atoms with Crippen LogP contribution in [0.3, 0.4) is 0 Å². The summed E-state index contributed by atoms with van der Waals surface area (Å²) in [7, 11) is 0. The number of fused-ring (bicyclic) bond motifs is 1. The van der Waals surface area contributed by atoms with Crippen molar-refractivity contribution in [1.82, 2.24) is 9.78 Å². The Hall–Kier alpha value is -2.01. The van der Waals surface area contributed by atoms with E-state index in [1.54, 1.807) is 24.3 Å². The van der Waals surface area contributed by atoms with Crippen molar-refractivity contribution in [3.8, 4) is 5.69 Å². The van der Waals surface area contributed by atoms with Gasteiger partial charge in [-0.1, -0.05) is 35.9 Å². The molecule has 3 aromatic rings. The summed E-state index contributed by atoms with van der Waals surface area (Å²) >= 11 is 6.15. The van der Waals surface area contributed by atoms with Crippen molar-refractivity contribution in [3.63, 3.8) is 0 Å². The summed E-state index contributed by atoms with van der Waals surface area (Å²) in [4.78, 5) is 0. The Morgan fingerprint density at radius 1 is 0.950 bits per heavy atom. The third-order valence-electron chi connectivity index (χ3n) is 2.95. The number of nitrogens with zero attached hydrogens (tertiary/aromatic N) is 2. The van der Waals surface area contributed by atoms with Gasteiger partial charge in [-0.15, -0.1) is 0 Å². The third kappa shape index (κ3) is 2.04. The van der Waals surface area contributed by atoms with Crippen LogP contribution in [0.4, 0.5) is 13.2 Å². The lowest BCUT2D eigenvalue weighted by Gasteiger charge is -2.06. The normalized spacial score (nSPS) is 12.0. The van der Waals surface area contributed by atoms with Crippen molar-refractivity contribution in [2.75, 3.05) is 0 Å². The lowest BCUT2D eigenvalue weighted by molar-refractivity contribution is -0.136. The Balaban J connectivity index is 2.31. The molecule has 6 heteroatoms. The minimum atomic E-state index is -4.46. The van der Waals surface area contributed by atoms with E-state index in [-0.39, 0.29) is 16.1 Å². The van der Waals surface area contributed by atoms with E-state index in [4.69, 9.17) is 11.6 Å². The summed E-state index contributed by atoms with van der Waals surface area (Å²) in [6.45, 7) is 0. The van der Waals surface area contributed by atoms with Crippen LogP contribution in [0.5, 0.6) is 0 Å². The molecule has 0 aliphatic rings. The van der Waals surface area contributed by atoms with Gasteiger partial charge in [0.1, 0.15) is 10.7 Å². The molecule has 20 heavy (non-hydrogen) atoms. The predicted octanol–water partition coefficient (Wildman–Crippen LogP) is 4.70. The van der Waals surface area contributed by atoms with E-state index in [1.807, 2.05) is 6.07 Å². The summed E-state index contributed by atoms with van der Waals surface area (Å²) in [6, 6.07) is 12.7. The second-order valence-electron chi connectivity index (χ2n) is 4.24. The van der Waals surface area contributed by atoms with E-state index in [2.05, 4.69) is 5.10 Å². The minimum absolute atomic E-state index is 0.145. The van der Waals surface area contributed by atoms with E-state index in [0.717, 1.165) is 6.07 Å². The number of halogens is 4. The van der Waals surface area contributed by atoms with Crippen molar-refractivity contribution < 1.29 is 13.2 Å². The van der Waals surface area contributed by atoms with Gasteiger partial charge in [0.15, 0.2) is 0 Å². The second-order valence-corrected chi connectivity index (χ2v) is 4.60. The average molecular weight is 297 g/mol. The Morgan fingerprint density at radius 3 is 2.30 bits per heavy atom. The zero-order valence-corrected chi connectivity index (χ0v) is 10.8. The van der Waals surface area contributed by atoms with Gasteiger partial charge < -0.3 is 0 Å². The zero-order chi connectivity index (χ0) is 14.3. The molecule has 3 rings (SSSR count). The van der Waals surface area contributed by atoms with Crippen LogP contribution in [0.2, 0.25) is 5.15 Å². The summed E-state index contributed by atoms with van der Waals surface area (Å²) in [6.07, 6.45) is -4.46. The average Bonchev–Trinajstić information content (AvgIpc) is 2.76. The van der Waals surface area contributed by atoms with Gasteiger partial charge in [-0.2, -0.15) is 18.3 Å². The first-order valence-electron chi connectivity index (χ1n) is 5.78. The number of alkyl halides is 3. The molecule has 102 valence electrons. The zero-order valence-electron chi connectivity index (χ0n) is 10.0. The van der Waals surface area contributed by atoms with Gasteiger partial charge in [0, 0.05) is 5.39 Å². The minimum Gasteiger partial charge on any atom is -0.221 e. The highest BCUT2D eigenvalue weighted by atomic mass is 35.5. The Kier molecular flexibility index (Phi) is 2.94. The van der Waals surface area contributed by atoms with Gasteiger partial charge in [-0.05, 0) is 24.3 Å². The SMILES string of the molecule is FC(F)(F)c1cccc2c(Cl)n(-c3ccccc3)nc12. The fraction of sp³-hybridized carbons (Fsp3) is 0.0714. The summed E-state index contributed by atoms with van der Waals surface area (Å²) in [5, 5.41) is 4.46. The van der Waals surface area contributed by atoms with Gasteiger partial charge in [0.2, 0.25) is 0 Å². The standard InChI is InChI=1S/C14H8ClF3N2/c15-13-10-7-4-8-11(14(16,17)18)12(10)19-20(13)9-5-2-1-3-6-9/h1-8H. The molecule has 0 fully saturated rings. The van der Waals surface area contributed by atoms with Gasteiger partial charge in [0.25, 0.3) is 0 Å². The second kappa shape index (κ2) is 4.52. The summed E-state index contributed by atoms with van der Waals surface area (Å²) in [5.41, 5.74) is -0.317. The summed E-state index contributed by atoms with van der Waals surface area (Å²) < 4.78 is 40.2. The number of aromatic nitrogens is 2. The van der Waals surface area contributed by atoms with Gasteiger partial charge >= 0.3 is 6.18 Å². The highest BCUT2D eigenvalue weighted by Gasteiger charge is 2.34. The number of rotatable bonds is 1. The first-order valence-corrected chi connectivity index (χ1v) is 6.16. The van der Waals surface area contributed by atoms with Crippen LogP contribution in [0, 0.1) is 0 Å². The maximum absolute atomic E-state index is 13.0. The molecule has 0 radical (unpaired) electrons. The number of benzene rings is 2. The molecule has 0 spiro atoms. The fourth-order valence-corrected chi connectivity index (χ4v) is 2.33. The predicted molar refractivity (Wildman–Crippen MR) is 71.1 cm³/mol. The van der Waals surface area contributed by atoms with E-state index in [0.29, 0.717) is 5.69 Å².